The zero-order valence-corrected chi connectivity index (χ0v) is 16.1. The summed E-state index contributed by atoms with van der Waals surface area (Å²) >= 11 is 0. The Balaban J connectivity index is 0.00000441. The van der Waals surface area contributed by atoms with Gasteiger partial charge < -0.3 is 10.6 Å². The Morgan fingerprint density at radius 3 is 2.59 bits per heavy atom. The lowest BCUT2D eigenvalue weighted by Gasteiger charge is -2.12. The van der Waals surface area contributed by atoms with Crippen LogP contribution in [0.25, 0.3) is 0 Å². The molecular formula is C12H25IN6O2S. The molecule has 128 valence electrons. The lowest BCUT2D eigenvalue weighted by atomic mass is 10.4. The minimum atomic E-state index is -3.13. The van der Waals surface area contributed by atoms with E-state index in [0.29, 0.717) is 19.0 Å². The Morgan fingerprint density at radius 2 is 2.00 bits per heavy atom. The Labute approximate surface area is 149 Å². The van der Waals surface area contributed by atoms with Crippen molar-refractivity contribution in [2.45, 2.75) is 19.9 Å². The Kier molecular flexibility index (Phi) is 11.2. The van der Waals surface area contributed by atoms with Gasteiger partial charge in [0.15, 0.2) is 5.96 Å². The molecule has 1 aromatic heterocycles. The molecule has 0 spiro atoms. The maximum Gasteiger partial charge on any atom is 0.211 e. The summed E-state index contributed by atoms with van der Waals surface area (Å²) < 4.78 is 26.8. The highest BCUT2D eigenvalue weighted by molar-refractivity contribution is 14.0. The van der Waals surface area contributed by atoms with E-state index in [4.69, 9.17) is 0 Å². The highest BCUT2D eigenvalue weighted by Gasteiger charge is 2.04. The predicted molar refractivity (Wildman–Crippen MR) is 99.1 cm³/mol. The lowest BCUT2D eigenvalue weighted by molar-refractivity contribution is 0.569. The molecule has 0 aromatic carbocycles. The maximum absolute atomic E-state index is 11.2. The maximum atomic E-state index is 11.2. The molecular weight excluding hydrogens is 419 g/mol. The van der Waals surface area contributed by atoms with Crippen molar-refractivity contribution in [1.29, 1.82) is 0 Å². The SMILES string of the molecule is CCS(=O)(=O)NCCNC(=NC)NCCCn1cccn1.I. The third-order valence-corrected chi connectivity index (χ3v) is 4.16. The van der Waals surface area contributed by atoms with E-state index in [-0.39, 0.29) is 29.7 Å². The van der Waals surface area contributed by atoms with E-state index in [1.165, 1.54) is 0 Å². The standard InChI is InChI=1S/C12H24N6O2S.HI/c1-3-21(19,20)17-9-8-15-12(13-2)14-6-4-10-18-11-5-7-16-18;/h5,7,11,17H,3-4,6,8-10H2,1-2H3,(H2,13,14,15);1H. The number of halogens is 1. The van der Waals surface area contributed by atoms with Crippen LogP contribution in [-0.4, -0.2) is 56.6 Å². The molecule has 0 saturated carbocycles. The summed E-state index contributed by atoms with van der Waals surface area (Å²) in [6.07, 6.45) is 4.60. The molecule has 0 aliphatic rings. The number of hydrogen-bond acceptors (Lipinski definition) is 4. The first kappa shape index (κ1) is 21.1. The molecule has 0 bridgehead atoms. The minimum absolute atomic E-state index is 0. The molecule has 0 aliphatic heterocycles. The molecule has 0 atom stereocenters. The lowest BCUT2D eigenvalue weighted by Crippen LogP contribution is -2.42. The first-order valence-electron chi connectivity index (χ1n) is 6.96. The quantitative estimate of drug-likeness (QED) is 0.216. The van der Waals surface area contributed by atoms with E-state index in [1.54, 1.807) is 20.2 Å². The largest absolute Gasteiger partial charge is 0.356 e. The van der Waals surface area contributed by atoms with Crippen molar-refractivity contribution in [2.75, 3.05) is 32.4 Å². The summed E-state index contributed by atoms with van der Waals surface area (Å²) in [5.41, 5.74) is 0. The second-order valence-corrected chi connectivity index (χ2v) is 6.44. The fraction of sp³-hybridized carbons (Fsp3) is 0.667. The Hall–Kier alpha value is -0.880. The number of guanidine groups is 1. The van der Waals surface area contributed by atoms with Crippen molar-refractivity contribution in [3.05, 3.63) is 18.5 Å². The van der Waals surface area contributed by atoms with Crippen LogP contribution in [-0.2, 0) is 16.6 Å². The summed E-state index contributed by atoms with van der Waals surface area (Å²) in [6, 6.07) is 1.89. The van der Waals surface area contributed by atoms with Gasteiger partial charge in [0.25, 0.3) is 0 Å². The second-order valence-electron chi connectivity index (χ2n) is 4.35. The molecule has 3 N–H and O–H groups in total. The van der Waals surface area contributed by atoms with Crippen molar-refractivity contribution in [1.82, 2.24) is 25.1 Å². The topological polar surface area (TPSA) is 100 Å². The van der Waals surface area contributed by atoms with Crippen molar-refractivity contribution >= 4 is 40.0 Å². The van der Waals surface area contributed by atoms with Gasteiger partial charge in [-0.1, -0.05) is 0 Å². The fourth-order valence-electron chi connectivity index (χ4n) is 1.59. The number of sulfonamides is 1. The van der Waals surface area contributed by atoms with Gasteiger partial charge in [-0.3, -0.25) is 9.67 Å². The van der Waals surface area contributed by atoms with E-state index in [2.05, 4.69) is 25.4 Å². The van der Waals surface area contributed by atoms with Crippen LogP contribution in [0, 0.1) is 0 Å². The average Bonchev–Trinajstić information content (AvgIpc) is 2.99. The molecule has 1 aromatic rings. The smallest absolute Gasteiger partial charge is 0.211 e. The summed E-state index contributed by atoms with van der Waals surface area (Å²) in [5.74, 6) is 0.749. The highest BCUT2D eigenvalue weighted by atomic mass is 127. The zero-order valence-electron chi connectivity index (χ0n) is 12.9. The number of nitrogens with zero attached hydrogens (tertiary/aromatic N) is 3. The van der Waals surface area contributed by atoms with E-state index in [1.807, 2.05) is 16.9 Å². The van der Waals surface area contributed by atoms with Crippen LogP contribution in [0.2, 0.25) is 0 Å². The number of aryl methyl sites for hydroxylation is 1. The molecule has 22 heavy (non-hydrogen) atoms. The van der Waals surface area contributed by atoms with E-state index >= 15 is 0 Å². The number of rotatable bonds is 9. The minimum Gasteiger partial charge on any atom is -0.356 e. The Bertz CT molecular complexity index is 518. The third-order valence-electron chi connectivity index (χ3n) is 2.76. The third kappa shape index (κ3) is 9.20. The summed E-state index contributed by atoms with van der Waals surface area (Å²) in [4.78, 5) is 4.07. The number of aromatic nitrogens is 2. The van der Waals surface area contributed by atoms with Gasteiger partial charge in [0.2, 0.25) is 10.0 Å². The van der Waals surface area contributed by atoms with Gasteiger partial charge in [-0.25, -0.2) is 13.1 Å². The predicted octanol–water partition coefficient (Wildman–Crippen LogP) is -0.00450. The number of nitrogens with one attached hydrogen (secondary N) is 3. The molecule has 1 heterocycles. The number of aliphatic imine (C=N–C) groups is 1. The van der Waals surface area contributed by atoms with E-state index < -0.39 is 10.0 Å². The monoisotopic (exact) mass is 444 g/mol. The highest BCUT2D eigenvalue weighted by Crippen LogP contribution is 1.87. The number of hydrogen-bond donors (Lipinski definition) is 3. The van der Waals surface area contributed by atoms with Gasteiger partial charge in [-0.15, -0.1) is 24.0 Å². The average molecular weight is 444 g/mol. The van der Waals surface area contributed by atoms with Crippen LogP contribution in [0.4, 0.5) is 0 Å². The molecule has 0 aliphatic carbocycles. The van der Waals surface area contributed by atoms with Crippen molar-refractivity contribution in [3.8, 4) is 0 Å². The summed E-state index contributed by atoms with van der Waals surface area (Å²) in [7, 11) is -1.45. The van der Waals surface area contributed by atoms with Gasteiger partial charge >= 0.3 is 0 Å². The van der Waals surface area contributed by atoms with Gasteiger partial charge in [-0.2, -0.15) is 5.10 Å². The molecule has 1 rings (SSSR count). The Morgan fingerprint density at radius 1 is 1.27 bits per heavy atom. The normalized spacial score (nSPS) is 11.8. The van der Waals surface area contributed by atoms with E-state index in [9.17, 15) is 8.42 Å². The van der Waals surface area contributed by atoms with Gasteiger partial charge in [0, 0.05) is 45.6 Å². The first-order chi connectivity index (χ1) is 10.1. The van der Waals surface area contributed by atoms with Crippen LogP contribution < -0.4 is 15.4 Å². The van der Waals surface area contributed by atoms with Crippen molar-refractivity contribution < 1.29 is 8.42 Å². The fourth-order valence-corrected chi connectivity index (χ4v) is 2.21. The van der Waals surface area contributed by atoms with Gasteiger partial charge in [0.1, 0.15) is 0 Å². The van der Waals surface area contributed by atoms with Crippen molar-refractivity contribution in [2.24, 2.45) is 4.99 Å². The van der Waals surface area contributed by atoms with Gasteiger partial charge in [-0.05, 0) is 19.4 Å². The molecule has 10 heteroatoms. The van der Waals surface area contributed by atoms with Crippen molar-refractivity contribution in [3.63, 3.8) is 0 Å². The molecule has 0 amide bonds. The molecule has 8 nitrogen and oxygen atoms in total. The molecule has 0 saturated heterocycles. The molecule has 0 fully saturated rings. The first-order valence-corrected chi connectivity index (χ1v) is 8.62. The summed E-state index contributed by atoms with van der Waals surface area (Å²) in [6.45, 7) is 4.03. The second kappa shape index (κ2) is 11.7. The summed E-state index contributed by atoms with van der Waals surface area (Å²) in [5, 5.41) is 10.3. The zero-order chi connectivity index (χ0) is 15.6. The van der Waals surface area contributed by atoms with Crippen LogP contribution in [0.5, 0.6) is 0 Å². The molecule has 0 radical (unpaired) electrons. The van der Waals surface area contributed by atoms with Crippen LogP contribution >= 0.6 is 24.0 Å². The van der Waals surface area contributed by atoms with Gasteiger partial charge in [0.05, 0.1) is 5.75 Å². The van der Waals surface area contributed by atoms with Crippen LogP contribution in [0.1, 0.15) is 13.3 Å². The van der Waals surface area contributed by atoms with E-state index in [0.717, 1.165) is 19.5 Å². The van der Waals surface area contributed by atoms with Crippen LogP contribution in [0.3, 0.4) is 0 Å². The molecule has 0 unspecified atom stereocenters. The van der Waals surface area contributed by atoms with Crippen LogP contribution in [0.15, 0.2) is 23.5 Å².